The van der Waals surface area contributed by atoms with Crippen LogP contribution >= 0.6 is 28.5 Å². The Kier molecular flexibility index (Phi) is 12.4. The second kappa shape index (κ2) is 12.2. The molecule has 0 aliphatic heterocycles. The summed E-state index contributed by atoms with van der Waals surface area (Å²) in [5.74, 6) is 0. The first-order chi connectivity index (χ1) is 9.01. The van der Waals surface area contributed by atoms with Gasteiger partial charge in [0, 0.05) is 28.2 Å². The SMILES string of the molecule is CN(C)C=N[C@@H]1CCCC[C@H]1N=CN(C)C.[Br][Ni+2][Br]. The zero-order valence-corrected chi connectivity index (χ0v) is 16.2. The van der Waals surface area contributed by atoms with Crippen LogP contribution in [0.1, 0.15) is 25.7 Å². The van der Waals surface area contributed by atoms with Crippen LogP contribution in [0, 0.1) is 0 Å². The quantitative estimate of drug-likeness (QED) is 0.380. The van der Waals surface area contributed by atoms with Crippen molar-refractivity contribution >= 4 is 41.1 Å². The first kappa shape index (κ1) is 19.4. The average molecular weight is 443 g/mol. The Hall–Kier alpha value is 0.394. The number of nitrogens with zero attached hydrogens (tertiary/aromatic N) is 4. The van der Waals surface area contributed by atoms with Crippen LogP contribution in [0.3, 0.4) is 0 Å². The summed E-state index contributed by atoms with van der Waals surface area (Å²) in [7, 11) is 9.27. The molecule has 19 heavy (non-hydrogen) atoms. The summed E-state index contributed by atoms with van der Waals surface area (Å²) in [4.78, 5) is 13.2. The van der Waals surface area contributed by atoms with Crippen LogP contribution in [0.5, 0.6) is 0 Å². The molecule has 2 atom stereocenters. The molecule has 0 bridgehead atoms. The van der Waals surface area contributed by atoms with Gasteiger partial charge in [0.2, 0.25) is 0 Å². The van der Waals surface area contributed by atoms with Crippen molar-refractivity contribution in [2.45, 2.75) is 37.8 Å². The van der Waals surface area contributed by atoms with E-state index in [1.165, 1.54) is 36.6 Å². The topological polar surface area (TPSA) is 31.2 Å². The van der Waals surface area contributed by atoms with Crippen molar-refractivity contribution in [3.8, 4) is 0 Å². The summed E-state index contributed by atoms with van der Waals surface area (Å²) >= 11 is 6.00. The summed E-state index contributed by atoms with van der Waals surface area (Å²) in [6.07, 6.45) is 8.72. The average Bonchev–Trinajstić information content (AvgIpc) is 2.35. The van der Waals surface area contributed by atoms with Gasteiger partial charge < -0.3 is 9.80 Å². The molecule has 1 saturated carbocycles. The number of rotatable bonds is 4. The molecule has 0 spiro atoms. The monoisotopic (exact) mass is 440 g/mol. The van der Waals surface area contributed by atoms with Gasteiger partial charge in [0.25, 0.3) is 0 Å². The van der Waals surface area contributed by atoms with Gasteiger partial charge in [0.05, 0.1) is 24.8 Å². The molecule has 1 aliphatic carbocycles. The number of aliphatic imine (C=N–C) groups is 2. The molecule has 1 rings (SSSR count). The van der Waals surface area contributed by atoms with E-state index < -0.39 is 0 Å². The maximum absolute atomic E-state index is 4.61. The normalized spacial score (nSPS) is 23.5. The van der Waals surface area contributed by atoms with Crippen molar-refractivity contribution in [1.82, 2.24) is 9.80 Å². The summed E-state index contributed by atoms with van der Waals surface area (Å²) in [5, 5.41) is 0. The Labute approximate surface area is 137 Å². The third-order valence-corrected chi connectivity index (χ3v) is 2.67. The molecule has 0 unspecified atom stereocenters. The Morgan fingerprint density at radius 2 is 1.21 bits per heavy atom. The Bertz CT molecular complexity index is 246. The predicted octanol–water partition coefficient (Wildman–Crippen LogP) is 3.17. The van der Waals surface area contributed by atoms with Crippen molar-refractivity contribution in [1.29, 1.82) is 0 Å². The van der Waals surface area contributed by atoms with E-state index in [4.69, 9.17) is 0 Å². The van der Waals surface area contributed by atoms with Crippen molar-refractivity contribution in [3.63, 3.8) is 0 Å². The van der Waals surface area contributed by atoms with E-state index in [0.717, 1.165) is 0 Å². The zero-order valence-electron chi connectivity index (χ0n) is 12.0. The van der Waals surface area contributed by atoms with Crippen LogP contribution in [0.25, 0.3) is 0 Å². The van der Waals surface area contributed by atoms with Gasteiger partial charge in [-0.25, -0.2) is 0 Å². The maximum atomic E-state index is 4.61. The number of hydrogen-bond donors (Lipinski definition) is 0. The molecule has 0 saturated heterocycles. The minimum atomic E-state index is 0.368. The molecule has 1 fully saturated rings. The number of halogens is 2. The van der Waals surface area contributed by atoms with Gasteiger partial charge in [0.1, 0.15) is 0 Å². The molecule has 0 aromatic carbocycles. The third-order valence-electron chi connectivity index (χ3n) is 2.67. The van der Waals surface area contributed by atoms with Gasteiger partial charge in [-0.15, -0.1) is 0 Å². The molecule has 0 N–H and O–H groups in total. The molecule has 1 aliphatic rings. The second-order valence-electron chi connectivity index (χ2n) is 4.92. The molecule has 0 aromatic heterocycles. The molecule has 0 radical (unpaired) electrons. The summed E-state index contributed by atoms with van der Waals surface area (Å²) in [5.41, 5.74) is 0. The van der Waals surface area contributed by atoms with Gasteiger partial charge in [-0.05, 0) is 12.8 Å². The molecular weight excluding hydrogens is 419 g/mol. The zero-order chi connectivity index (χ0) is 14.7. The molecule has 4 nitrogen and oxygen atoms in total. The van der Waals surface area contributed by atoms with Crippen LogP contribution in [-0.2, 0) is 10.9 Å². The van der Waals surface area contributed by atoms with Crippen LogP contribution in [0.15, 0.2) is 9.98 Å². The van der Waals surface area contributed by atoms with Gasteiger partial charge in [-0.2, -0.15) is 0 Å². The second-order valence-corrected chi connectivity index (χ2v) is 9.90. The first-order valence-electron chi connectivity index (χ1n) is 6.23. The van der Waals surface area contributed by atoms with Gasteiger partial charge in [0.15, 0.2) is 0 Å². The Morgan fingerprint density at radius 3 is 1.47 bits per heavy atom. The first-order valence-corrected chi connectivity index (χ1v) is 11.1. The van der Waals surface area contributed by atoms with Crippen LogP contribution in [0.4, 0.5) is 0 Å². The van der Waals surface area contributed by atoms with Gasteiger partial charge in [-0.3, -0.25) is 9.98 Å². The fourth-order valence-electron chi connectivity index (χ4n) is 1.88. The van der Waals surface area contributed by atoms with Crippen LogP contribution in [-0.4, -0.2) is 62.8 Å². The Balaban J connectivity index is 0.000000982. The van der Waals surface area contributed by atoms with E-state index in [-0.39, 0.29) is 0 Å². The van der Waals surface area contributed by atoms with Crippen molar-refractivity contribution < 1.29 is 10.9 Å². The van der Waals surface area contributed by atoms with E-state index in [1.807, 2.05) is 50.7 Å². The molecule has 0 amide bonds. The van der Waals surface area contributed by atoms with Crippen LogP contribution in [0.2, 0.25) is 0 Å². The standard InChI is InChI=1S/C12H24N4.2BrH.Ni/c1-15(2)9-13-11-7-5-6-8-12(11)14-10-16(3)4;;;/h9-12H,5-8H2,1-4H3;2*1H;/q;;;+4/p-2/t11-,12-;;;/m1.../s1. The van der Waals surface area contributed by atoms with E-state index in [2.05, 4.69) is 38.4 Å². The summed E-state index contributed by atoms with van der Waals surface area (Å²) < 4.78 is 0. The third kappa shape index (κ3) is 10.8. The molecule has 0 aromatic rings. The van der Waals surface area contributed by atoms with E-state index in [0.29, 0.717) is 12.1 Å². The van der Waals surface area contributed by atoms with Gasteiger partial charge in [-0.1, -0.05) is 12.8 Å². The number of hydrogen-bond acceptors (Lipinski definition) is 2. The van der Waals surface area contributed by atoms with E-state index in [9.17, 15) is 0 Å². The molecular formula is C12H24Br2N4Ni+2. The fourth-order valence-corrected chi connectivity index (χ4v) is 1.88. The van der Waals surface area contributed by atoms with E-state index >= 15 is 0 Å². The van der Waals surface area contributed by atoms with Crippen molar-refractivity contribution in [2.24, 2.45) is 9.98 Å². The van der Waals surface area contributed by atoms with Crippen molar-refractivity contribution in [2.75, 3.05) is 28.2 Å². The minimum absolute atomic E-state index is 0.368. The molecule has 0 heterocycles. The van der Waals surface area contributed by atoms with E-state index in [1.54, 1.807) is 0 Å². The molecule has 7 heteroatoms. The Morgan fingerprint density at radius 1 is 0.895 bits per heavy atom. The van der Waals surface area contributed by atoms with Crippen LogP contribution < -0.4 is 0 Å². The summed E-state index contributed by atoms with van der Waals surface area (Å²) in [6.45, 7) is 0. The summed E-state index contributed by atoms with van der Waals surface area (Å²) in [6, 6.07) is 0.736. The molecule has 114 valence electrons. The van der Waals surface area contributed by atoms with Gasteiger partial charge >= 0.3 is 39.3 Å². The predicted molar refractivity (Wildman–Crippen MR) is 88.3 cm³/mol. The fraction of sp³-hybridized carbons (Fsp3) is 0.833. The van der Waals surface area contributed by atoms with Crippen molar-refractivity contribution in [3.05, 3.63) is 0 Å².